The molecule has 0 saturated heterocycles. The van der Waals surface area contributed by atoms with E-state index in [1.807, 2.05) is 31.2 Å². The molecule has 1 N–H and O–H groups in total. The molecule has 158 valence electrons. The van der Waals surface area contributed by atoms with Crippen LogP contribution in [0.5, 0.6) is 5.75 Å². The molecule has 0 aliphatic rings. The summed E-state index contributed by atoms with van der Waals surface area (Å²) < 4.78 is 56.9. The number of ether oxygens (including phenoxy) is 1. The van der Waals surface area contributed by atoms with Gasteiger partial charge in [-0.25, -0.2) is 17.2 Å². The highest BCUT2D eigenvalue weighted by Crippen LogP contribution is 2.21. The molecule has 0 bridgehead atoms. The van der Waals surface area contributed by atoms with Crippen LogP contribution in [-0.2, 0) is 14.8 Å². The number of rotatable bonds is 10. The van der Waals surface area contributed by atoms with Crippen LogP contribution >= 0.6 is 0 Å². The Labute approximate surface area is 169 Å². The molecular formula is C20H24F2N2O4S. The number of hydrogen-bond donors (Lipinski definition) is 1. The number of carbonyl (C=O) groups is 1. The van der Waals surface area contributed by atoms with Crippen molar-refractivity contribution in [2.24, 2.45) is 0 Å². The summed E-state index contributed by atoms with van der Waals surface area (Å²) in [4.78, 5) is 11.9. The molecule has 9 heteroatoms. The lowest BCUT2D eigenvalue weighted by molar-refractivity contribution is -0.121. The van der Waals surface area contributed by atoms with E-state index >= 15 is 0 Å². The largest absolute Gasteiger partial charge is 0.492 e. The van der Waals surface area contributed by atoms with Crippen molar-refractivity contribution in [3.05, 3.63) is 59.7 Å². The molecule has 29 heavy (non-hydrogen) atoms. The van der Waals surface area contributed by atoms with Crippen molar-refractivity contribution in [1.29, 1.82) is 0 Å². The van der Waals surface area contributed by atoms with Crippen LogP contribution < -0.4 is 14.4 Å². The van der Waals surface area contributed by atoms with Gasteiger partial charge in [0.2, 0.25) is 15.9 Å². The highest BCUT2D eigenvalue weighted by atomic mass is 32.2. The van der Waals surface area contributed by atoms with Gasteiger partial charge in [0.15, 0.2) is 11.6 Å². The Bertz CT molecular complexity index is 934. The van der Waals surface area contributed by atoms with Gasteiger partial charge in [0.25, 0.3) is 0 Å². The number of carbonyl (C=O) groups excluding carboxylic acids is 1. The average Bonchev–Trinajstić information content (AvgIpc) is 2.65. The molecular weight excluding hydrogens is 402 g/mol. The molecule has 0 radical (unpaired) electrons. The van der Waals surface area contributed by atoms with Crippen LogP contribution in [0.25, 0.3) is 0 Å². The van der Waals surface area contributed by atoms with E-state index in [1.54, 1.807) is 0 Å². The predicted molar refractivity (Wildman–Crippen MR) is 107 cm³/mol. The number of hydrogen-bond acceptors (Lipinski definition) is 4. The van der Waals surface area contributed by atoms with Gasteiger partial charge in [-0.05, 0) is 37.6 Å². The van der Waals surface area contributed by atoms with Gasteiger partial charge in [-0.15, -0.1) is 0 Å². The second-order valence-electron chi connectivity index (χ2n) is 6.55. The van der Waals surface area contributed by atoms with E-state index in [0.717, 1.165) is 28.3 Å². The highest BCUT2D eigenvalue weighted by molar-refractivity contribution is 7.92. The summed E-state index contributed by atoms with van der Waals surface area (Å²) in [6.45, 7) is 2.56. The molecule has 0 saturated carbocycles. The topological polar surface area (TPSA) is 75.7 Å². The van der Waals surface area contributed by atoms with Gasteiger partial charge in [0, 0.05) is 19.0 Å². The molecule has 0 unspecified atom stereocenters. The highest BCUT2D eigenvalue weighted by Gasteiger charge is 2.19. The molecule has 1 amide bonds. The predicted octanol–water partition coefficient (Wildman–Crippen LogP) is 3.01. The second-order valence-corrected chi connectivity index (χ2v) is 8.46. The third-order valence-electron chi connectivity index (χ3n) is 4.07. The van der Waals surface area contributed by atoms with Crippen LogP contribution in [0.15, 0.2) is 42.5 Å². The van der Waals surface area contributed by atoms with Crippen molar-refractivity contribution in [3.8, 4) is 5.75 Å². The number of aryl methyl sites for hydroxylation is 1. The lowest BCUT2D eigenvalue weighted by Crippen LogP contribution is -2.33. The molecule has 0 atom stereocenters. The fourth-order valence-corrected chi connectivity index (χ4v) is 3.55. The monoisotopic (exact) mass is 426 g/mol. The lowest BCUT2D eigenvalue weighted by Gasteiger charge is -2.22. The second kappa shape index (κ2) is 10.2. The minimum atomic E-state index is -3.71. The van der Waals surface area contributed by atoms with E-state index in [-0.39, 0.29) is 31.0 Å². The van der Waals surface area contributed by atoms with E-state index in [2.05, 4.69) is 5.32 Å². The maximum atomic E-state index is 13.4. The summed E-state index contributed by atoms with van der Waals surface area (Å²) in [6.07, 6.45) is 1.27. The third kappa shape index (κ3) is 7.34. The molecule has 2 aromatic carbocycles. The minimum Gasteiger partial charge on any atom is -0.492 e. The van der Waals surface area contributed by atoms with Crippen molar-refractivity contribution in [1.82, 2.24) is 5.32 Å². The Morgan fingerprint density at radius 2 is 1.79 bits per heavy atom. The summed E-state index contributed by atoms with van der Waals surface area (Å²) in [6, 6.07) is 10.4. The molecule has 6 nitrogen and oxygen atoms in total. The molecule has 0 aliphatic heterocycles. The van der Waals surface area contributed by atoms with Crippen molar-refractivity contribution in [2.75, 3.05) is 30.3 Å². The van der Waals surface area contributed by atoms with Gasteiger partial charge in [0.05, 0.1) is 18.5 Å². The van der Waals surface area contributed by atoms with Gasteiger partial charge >= 0.3 is 0 Å². The first kappa shape index (κ1) is 22.6. The first-order chi connectivity index (χ1) is 13.7. The van der Waals surface area contributed by atoms with E-state index in [9.17, 15) is 22.0 Å². The van der Waals surface area contributed by atoms with Gasteiger partial charge in [-0.3, -0.25) is 9.10 Å². The fraction of sp³-hybridized carbons (Fsp3) is 0.350. The Balaban J connectivity index is 1.77. The van der Waals surface area contributed by atoms with Gasteiger partial charge in [-0.2, -0.15) is 0 Å². The zero-order chi connectivity index (χ0) is 21.4. The smallest absolute Gasteiger partial charge is 0.232 e. The van der Waals surface area contributed by atoms with Crippen LogP contribution in [0.2, 0.25) is 0 Å². The van der Waals surface area contributed by atoms with E-state index < -0.39 is 21.7 Å². The number of nitrogens with one attached hydrogen (secondary N) is 1. The first-order valence-electron chi connectivity index (χ1n) is 9.06. The van der Waals surface area contributed by atoms with Crippen LogP contribution in [-0.4, -0.2) is 40.3 Å². The molecule has 0 heterocycles. The third-order valence-corrected chi connectivity index (χ3v) is 5.26. The maximum absolute atomic E-state index is 13.4. The average molecular weight is 426 g/mol. The number of anilines is 1. The Hall–Kier alpha value is -2.68. The molecule has 0 aliphatic carbocycles. The number of amides is 1. The Morgan fingerprint density at radius 3 is 2.41 bits per heavy atom. The number of halogens is 2. The zero-order valence-corrected chi connectivity index (χ0v) is 17.1. The summed E-state index contributed by atoms with van der Waals surface area (Å²) in [7, 11) is -3.71. The maximum Gasteiger partial charge on any atom is 0.232 e. The summed E-state index contributed by atoms with van der Waals surface area (Å²) in [5, 5.41) is 2.69. The van der Waals surface area contributed by atoms with Gasteiger partial charge in [-0.1, -0.05) is 17.7 Å². The summed E-state index contributed by atoms with van der Waals surface area (Å²) in [5.41, 5.74) is 1.13. The van der Waals surface area contributed by atoms with Crippen LogP contribution in [0.1, 0.15) is 18.4 Å². The van der Waals surface area contributed by atoms with Crippen LogP contribution in [0.4, 0.5) is 14.5 Å². The van der Waals surface area contributed by atoms with Gasteiger partial charge < -0.3 is 10.1 Å². The SMILES string of the molecule is Cc1ccc(OCCNC(=O)CCCN(c2ccc(F)c(F)c2)S(C)(=O)=O)cc1. The molecule has 2 aromatic rings. The van der Waals surface area contributed by atoms with Gasteiger partial charge in [0.1, 0.15) is 12.4 Å². The van der Waals surface area contributed by atoms with Crippen LogP contribution in [0, 0.1) is 18.6 Å². The Kier molecular flexibility index (Phi) is 7.95. The standard InChI is InChI=1S/C20H24F2N2O4S/c1-15-5-8-17(9-6-15)28-13-11-23-20(25)4-3-12-24(29(2,26)27)16-7-10-18(21)19(22)14-16/h5-10,14H,3-4,11-13H2,1-2H3,(H,23,25). The van der Waals surface area contributed by atoms with E-state index in [4.69, 9.17) is 4.74 Å². The molecule has 0 fully saturated rings. The van der Waals surface area contributed by atoms with Crippen LogP contribution in [0.3, 0.4) is 0 Å². The fourth-order valence-electron chi connectivity index (χ4n) is 2.59. The molecule has 2 rings (SSSR count). The number of sulfonamides is 1. The Morgan fingerprint density at radius 1 is 1.10 bits per heavy atom. The molecule has 0 spiro atoms. The normalized spacial score (nSPS) is 11.2. The molecule has 0 aromatic heterocycles. The lowest BCUT2D eigenvalue weighted by atomic mass is 10.2. The van der Waals surface area contributed by atoms with Crippen molar-refractivity contribution < 1.29 is 26.7 Å². The van der Waals surface area contributed by atoms with Crippen molar-refractivity contribution in [3.63, 3.8) is 0 Å². The summed E-state index contributed by atoms with van der Waals surface area (Å²) >= 11 is 0. The number of nitrogens with zero attached hydrogens (tertiary/aromatic N) is 1. The van der Waals surface area contributed by atoms with Crippen molar-refractivity contribution in [2.45, 2.75) is 19.8 Å². The van der Waals surface area contributed by atoms with Crippen molar-refractivity contribution >= 4 is 21.6 Å². The summed E-state index contributed by atoms with van der Waals surface area (Å²) in [5.74, 6) is -1.74. The minimum absolute atomic E-state index is 0.0123. The zero-order valence-electron chi connectivity index (χ0n) is 16.3. The first-order valence-corrected chi connectivity index (χ1v) is 10.9. The van der Waals surface area contributed by atoms with E-state index in [1.165, 1.54) is 6.07 Å². The van der Waals surface area contributed by atoms with E-state index in [0.29, 0.717) is 18.9 Å². The number of benzene rings is 2. The quantitative estimate of drug-likeness (QED) is 0.593.